The highest BCUT2D eigenvalue weighted by Crippen LogP contribution is 2.39. The highest BCUT2D eigenvalue weighted by molar-refractivity contribution is 6.06. The SMILES string of the molecule is CC(C)(C)C(NC(=O)c1nn(Cc2ccc(F)cc2)c2ccccc12)C(=O)NCCc1nnc(C2CC2)o1. The Kier molecular flexibility index (Phi) is 6.96. The van der Waals surface area contributed by atoms with E-state index in [-0.39, 0.29) is 17.4 Å². The van der Waals surface area contributed by atoms with E-state index in [0.29, 0.717) is 42.6 Å². The number of nitrogens with one attached hydrogen (secondary N) is 2. The van der Waals surface area contributed by atoms with Gasteiger partial charge in [0.1, 0.15) is 11.9 Å². The van der Waals surface area contributed by atoms with Gasteiger partial charge in [-0.05, 0) is 42.0 Å². The maximum absolute atomic E-state index is 13.4. The number of hydrogen-bond donors (Lipinski definition) is 2. The molecule has 5 rings (SSSR count). The van der Waals surface area contributed by atoms with Crippen molar-refractivity contribution in [3.8, 4) is 0 Å². The summed E-state index contributed by atoms with van der Waals surface area (Å²) in [4.78, 5) is 26.6. The van der Waals surface area contributed by atoms with Crippen LogP contribution in [0.25, 0.3) is 10.9 Å². The fourth-order valence-electron chi connectivity index (χ4n) is 4.31. The summed E-state index contributed by atoms with van der Waals surface area (Å²) in [7, 11) is 0. The fourth-order valence-corrected chi connectivity index (χ4v) is 4.31. The minimum atomic E-state index is -0.805. The standard InChI is InChI=1S/C28H31FN6O3/c1-28(2,3)24(26(37)30-15-14-22-32-33-27(38-22)18-10-11-18)31-25(36)23-20-6-4-5-7-21(20)35(34-23)16-17-8-12-19(29)13-9-17/h4-9,12-13,18,24H,10-11,14-16H2,1-3H3,(H,30,37)(H,31,36). The van der Waals surface area contributed by atoms with Gasteiger partial charge in [-0.2, -0.15) is 5.10 Å². The summed E-state index contributed by atoms with van der Waals surface area (Å²) in [5, 5.41) is 19.2. The van der Waals surface area contributed by atoms with Gasteiger partial charge in [0.25, 0.3) is 5.91 Å². The minimum Gasteiger partial charge on any atom is -0.425 e. The van der Waals surface area contributed by atoms with E-state index in [2.05, 4.69) is 25.9 Å². The second kappa shape index (κ2) is 10.4. The van der Waals surface area contributed by atoms with Gasteiger partial charge in [0.15, 0.2) is 5.69 Å². The Hall–Kier alpha value is -4.08. The molecular formula is C28H31FN6O3. The van der Waals surface area contributed by atoms with Crippen molar-refractivity contribution in [3.63, 3.8) is 0 Å². The van der Waals surface area contributed by atoms with E-state index < -0.39 is 17.4 Å². The first-order chi connectivity index (χ1) is 18.2. The van der Waals surface area contributed by atoms with Crippen LogP contribution in [-0.2, 0) is 17.8 Å². The summed E-state index contributed by atoms with van der Waals surface area (Å²) in [6.45, 7) is 6.35. The second-order valence-electron chi connectivity index (χ2n) is 10.8. The minimum absolute atomic E-state index is 0.225. The van der Waals surface area contributed by atoms with E-state index in [1.54, 1.807) is 16.8 Å². The molecule has 2 heterocycles. The van der Waals surface area contributed by atoms with Gasteiger partial charge in [0.2, 0.25) is 17.7 Å². The molecule has 0 saturated heterocycles. The van der Waals surface area contributed by atoms with E-state index in [1.165, 1.54) is 12.1 Å². The summed E-state index contributed by atoms with van der Waals surface area (Å²) in [5.74, 6) is 0.467. The molecular weight excluding hydrogens is 487 g/mol. The van der Waals surface area contributed by atoms with Crippen LogP contribution in [0.3, 0.4) is 0 Å². The molecule has 0 spiro atoms. The largest absolute Gasteiger partial charge is 0.425 e. The molecule has 2 amide bonds. The number of aromatic nitrogens is 4. The number of rotatable bonds is 9. The lowest BCUT2D eigenvalue weighted by Gasteiger charge is -2.30. The zero-order valence-electron chi connectivity index (χ0n) is 21.7. The van der Waals surface area contributed by atoms with Crippen molar-refractivity contribution >= 4 is 22.7 Å². The van der Waals surface area contributed by atoms with Crippen molar-refractivity contribution in [1.29, 1.82) is 0 Å². The van der Waals surface area contributed by atoms with E-state index in [0.717, 1.165) is 23.9 Å². The van der Waals surface area contributed by atoms with Gasteiger partial charge >= 0.3 is 0 Å². The van der Waals surface area contributed by atoms with E-state index in [4.69, 9.17) is 4.42 Å². The van der Waals surface area contributed by atoms with Crippen LogP contribution in [0, 0.1) is 11.2 Å². The molecule has 198 valence electrons. The number of benzene rings is 2. The number of carbonyl (C=O) groups excluding carboxylic acids is 2. The summed E-state index contributed by atoms with van der Waals surface area (Å²) in [6.07, 6.45) is 2.56. The average molecular weight is 519 g/mol. The predicted octanol–water partition coefficient (Wildman–Crippen LogP) is 3.99. The molecule has 1 unspecified atom stereocenters. The summed E-state index contributed by atoms with van der Waals surface area (Å²) in [6, 6.07) is 12.8. The maximum atomic E-state index is 13.4. The number of carbonyl (C=O) groups is 2. The molecule has 1 aliphatic rings. The van der Waals surface area contributed by atoms with Crippen LogP contribution in [0.15, 0.2) is 52.9 Å². The molecule has 1 aliphatic carbocycles. The predicted molar refractivity (Wildman–Crippen MR) is 139 cm³/mol. The van der Waals surface area contributed by atoms with E-state index in [9.17, 15) is 14.0 Å². The zero-order chi connectivity index (χ0) is 26.9. The quantitative estimate of drug-likeness (QED) is 0.346. The molecule has 2 aromatic heterocycles. The van der Waals surface area contributed by atoms with Gasteiger partial charge in [-0.1, -0.05) is 51.1 Å². The third-order valence-electron chi connectivity index (χ3n) is 6.57. The lowest BCUT2D eigenvalue weighted by Crippen LogP contribution is -2.54. The van der Waals surface area contributed by atoms with Crippen molar-refractivity contribution in [1.82, 2.24) is 30.6 Å². The molecule has 2 N–H and O–H groups in total. The number of para-hydroxylation sites is 1. The number of hydrogen-bond acceptors (Lipinski definition) is 6. The zero-order valence-corrected chi connectivity index (χ0v) is 21.7. The molecule has 1 fully saturated rings. The van der Waals surface area contributed by atoms with Crippen LogP contribution in [-0.4, -0.2) is 44.4 Å². The Labute approximate surface area is 219 Å². The van der Waals surface area contributed by atoms with Gasteiger partial charge in [-0.15, -0.1) is 10.2 Å². The lowest BCUT2D eigenvalue weighted by molar-refractivity contribution is -0.125. The maximum Gasteiger partial charge on any atom is 0.273 e. The van der Waals surface area contributed by atoms with Crippen LogP contribution in [0.2, 0.25) is 0 Å². The molecule has 1 atom stereocenters. The molecule has 38 heavy (non-hydrogen) atoms. The molecule has 4 aromatic rings. The number of amides is 2. The molecule has 0 aliphatic heterocycles. The van der Waals surface area contributed by atoms with Crippen LogP contribution in [0.5, 0.6) is 0 Å². The normalized spacial score (nSPS) is 14.4. The highest BCUT2D eigenvalue weighted by Gasteiger charge is 2.34. The number of nitrogens with zero attached hydrogens (tertiary/aromatic N) is 4. The smallest absolute Gasteiger partial charge is 0.273 e. The Morgan fingerprint density at radius 2 is 1.84 bits per heavy atom. The van der Waals surface area contributed by atoms with Crippen LogP contribution in [0.4, 0.5) is 4.39 Å². The second-order valence-corrected chi connectivity index (χ2v) is 10.8. The third kappa shape index (κ3) is 5.74. The van der Waals surface area contributed by atoms with Crippen molar-refractivity contribution in [2.45, 2.75) is 58.5 Å². The van der Waals surface area contributed by atoms with Crippen LogP contribution >= 0.6 is 0 Å². The highest BCUT2D eigenvalue weighted by atomic mass is 19.1. The van der Waals surface area contributed by atoms with Crippen molar-refractivity contribution in [2.24, 2.45) is 5.41 Å². The molecule has 0 bridgehead atoms. The van der Waals surface area contributed by atoms with Crippen LogP contribution in [0.1, 0.15) is 67.4 Å². The summed E-state index contributed by atoms with van der Waals surface area (Å²) in [5.41, 5.74) is 1.28. The molecule has 1 saturated carbocycles. The average Bonchev–Trinajstić information content (AvgIpc) is 3.52. The van der Waals surface area contributed by atoms with Crippen molar-refractivity contribution in [3.05, 3.63) is 77.4 Å². The molecule has 9 nitrogen and oxygen atoms in total. The van der Waals surface area contributed by atoms with Crippen molar-refractivity contribution in [2.75, 3.05) is 6.54 Å². The Bertz CT molecular complexity index is 1450. The first-order valence-electron chi connectivity index (χ1n) is 12.8. The Balaban J connectivity index is 1.29. The van der Waals surface area contributed by atoms with Crippen molar-refractivity contribution < 1.29 is 18.4 Å². The number of halogens is 1. The first kappa shape index (κ1) is 25.6. The Morgan fingerprint density at radius 3 is 2.55 bits per heavy atom. The molecule has 10 heteroatoms. The third-order valence-corrected chi connectivity index (χ3v) is 6.57. The van der Waals surface area contributed by atoms with E-state index >= 15 is 0 Å². The van der Waals surface area contributed by atoms with E-state index in [1.807, 2.05) is 45.0 Å². The summed E-state index contributed by atoms with van der Waals surface area (Å²) >= 11 is 0. The van der Waals surface area contributed by atoms with Crippen LogP contribution < -0.4 is 10.6 Å². The lowest BCUT2D eigenvalue weighted by atomic mass is 9.86. The van der Waals surface area contributed by atoms with Gasteiger partial charge in [-0.25, -0.2) is 4.39 Å². The molecule has 2 aromatic carbocycles. The van der Waals surface area contributed by atoms with Gasteiger partial charge < -0.3 is 15.1 Å². The van der Waals surface area contributed by atoms with Gasteiger partial charge in [0.05, 0.1) is 12.1 Å². The van der Waals surface area contributed by atoms with Gasteiger partial charge in [-0.3, -0.25) is 14.3 Å². The number of fused-ring (bicyclic) bond motifs is 1. The summed E-state index contributed by atoms with van der Waals surface area (Å²) < 4.78 is 20.7. The molecule has 0 radical (unpaired) electrons. The topological polar surface area (TPSA) is 115 Å². The Morgan fingerprint density at radius 1 is 1.11 bits per heavy atom. The monoisotopic (exact) mass is 518 g/mol. The van der Waals surface area contributed by atoms with Gasteiger partial charge in [0, 0.05) is 24.3 Å². The fraction of sp³-hybridized carbons (Fsp3) is 0.393. The first-order valence-corrected chi connectivity index (χ1v) is 12.8.